The molecule has 0 aliphatic carbocycles. The Hall–Kier alpha value is -3.48. The summed E-state index contributed by atoms with van der Waals surface area (Å²) in [5.74, 6) is 0.109. The minimum atomic E-state index is -0.978. The summed E-state index contributed by atoms with van der Waals surface area (Å²) < 4.78 is 1.74. The van der Waals surface area contributed by atoms with E-state index in [-0.39, 0.29) is 5.56 Å². The zero-order chi connectivity index (χ0) is 16.7. The van der Waals surface area contributed by atoms with E-state index in [0.717, 1.165) is 11.2 Å². The van der Waals surface area contributed by atoms with E-state index in [1.807, 2.05) is 42.3 Å². The highest BCUT2D eigenvalue weighted by molar-refractivity contribution is 5.99. The molecular formula is C17H13N5O2. The molecule has 0 saturated heterocycles. The van der Waals surface area contributed by atoms with Crippen LogP contribution in [0.1, 0.15) is 10.4 Å². The highest BCUT2D eigenvalue weighted by atomic mass is 16.4. The van der Waals surface area contributed by atoms with E-state index in [9.17, 15) is 9.90 Å². The highest BCUT2D eigenvalue weighted by Gasteiger charge is 2.16. The Kier molecular flexibility index (Phi) is 3.13. The SMILES string of the molecule is CN(c1ccccc1)c1nc2nncn2c2ccc(C(=O)O)cc12. The molecule has 24 heavy (non-hydrogen) atoms. The van der Waals surface area contributed by atoms with Crippen molar-refractivity contribution in [2.75, 3.05) is 11.9 Å². The van der Waals surface area contributed by atoms with Crippen molar-refractivity contribution in [1.82, 2.24) is 19.6 Å². The summed E-state index contributed by atoms with van der Waals surface area (Å²) >= 11 is 0. The van der Waals surface area contributed by atoms with E-state index >= 15 is 0 Å². The standard InChI is InChI=1S/C17H13N5O2/c1-21(12-5-3-2-4-6-12)15-13-9-11(16(23)24)7-8-14(13)22-10-18-20-17(22)19-15/h2-10H,1H3,(H,23,24). The van der Waals surface area contributed by atoms with E-state index in [2.05, 4.69) is 15.2 Å². The lowest BCUT2D eigenvalue weighted by atomic mass is 10.1. The third-order valence-electron chi connectivity index (χ3n) is 3.94. The number of aromatic carboxylic acids is 1. The van der Waals surface area contributed by atoms with Gasteiger partial charge < -0.3 is 10.0 Å². The van der Waals surface area contributed by atoms with Crippen molar-refractivity contribution in [1.29, 1.82) is 0 Å². The number of carboxylic acids is 1. The largest absolute Gasteiger partial charge is 0.478 e. The first kappa shape index (κ1) is 14.1. The third-order valence-corrected chi connectivity index (χ3v) is 3.94. The second-order valence-corrected chi connectivity index (χ2v) is 5.37. The zero-order valence-electron chi connectivity index (χ0n) is 12.8. The van der Waals surface area contributed by atoms with Crippen LogP contribution in [-0.2, 0) is 0 Å². The van der Waals surface area contributed by atoms with Gasteiger partial charge in [0.2, 0.25) is 0 Å². The fraction of sp³-hybridized carbons (Fsp3) is 0.0588. The molecule has 0 fully saturated rings. The van der Waals surface area contributed by atoms with Gasteiger partial charge in [0.05, 0.1) is 11.1 Å². The fourth-order valence-electron chi connectivity index (χ4n) is 2.72. The molecule has 1 N–H and O–H groups in total. The van der Waals surface area contributed by atoms with Crippen LogP contribution in [0.2, 0.25) is 0 Å². The molecule has 4 aromatic rings. The molecule has 0 amide bonds. The lowest BCUT2D eigenvalue weighted by Crippen LogP contribution is -2.13. The Morgan fingerprint density at radius 3 is 2.71 bits per heavy atom. The van der Waals surface area contributed by atoms with Gasteiger partial charge in [0.1, 0.15) is 12.1 Å². The van der Waals surface area contributed by atoms with Crippen LogP contribution in [0.15, 0.2) is 54.9 Å². The average Bonchev–Trinajstić information content (AvgIpc) is 3.09. The highest BCUT2D eigenvalue weighted by Crippen LogP contribution is 2.30. The molecular weight excluding hydrogens is 306 g/mol. The van der Waals surface area contributed by atoms with Crippen molar-refractivity contribution in [3.05, 3.63) is 60.4 Å². The first-order chi connectivity index (χ1) is 11.6. The number of benzene rings is 2. The molecule has 7 nitrogen and oxygen atoms in total. The lowest BCUT2D eigenvalue weighted by molar-refractivity contribution is 0.0697. The lowest BCUT2D eigenvalue weighted by Gasteiger charge is -2.20. The number of hydrogen-bond acceptors (Lipinski definition) is 5. The smallest absolute Gasteiger partial charge is 0.335 e. The van der Waals surface area contributed by atoms with Crippen LogP contribution < -0.4 is 4.90 Å². The number of aromatic nitrogens is 4. The molecule has 2 aromatic carbocycles. The van der Waals surface area contributed by atoms with E-state index in [0.29, 0.717) is 17.0 Å². The normalized spacial score (nSPS) is 11.0. The second-order valence-electron chi connectivity index (χ2n) is 5.37. The van der Waals surface area contributed by atoms with Crippen LogP contribution in [0.5, 0.6) is 0 Å². The van der Waals surface area contributed by atoms with Gasteiger partial charge in [-0.15, -0.1) is 10.2 Å². The van der Waals surface area contributed by atoms with Crippen LogP contribution in [0.4, 0.5) is 11.5 Å². The molecule has 0 unspecified atom stereocenters. The van der Waals surface area contributed by atoms with Crippen molar-refractivity contribution in [2.24, 2.45) is 0 Å². The molecule has 118 valence electrons. The molecule has 0 aliphatic heterocycles. The molecule has 0 bridgehead atoms. The maximum absolute atomic E-state index is 11.3. The molecule has 0 radical (unpaired) electrons. The van der Waals surface area contributed by atoms with Gasteiger partial charge in [-0.3, -0.25) is 4.40 Å². The Balaban J connectivity index is 2.04. The van der Waals surface area contributed by atoms with E-state index in [1.165, 1.54) is 0 Å². The summed E-state index contributed by atoms with van der Waals surface area (Å²) in [7, 11) is 1.89. The number of para-hydroxylation sites is 1. The molecule has 4 rings (SSSR count). The van der Waals surface area contributed by atoms with Crippen molar-refractivity contribution in [2.45, 2.75) is 0 Å². The van der Waals surface area contributed by atoms with Crippen molar-refractivity contribution >= 4 is 34.2 Å². The number of hydrogen-bond donors (Lipinski definition) is 1. The maximum Gasteiger partial charge on any atom is 0.335 e. The second kappa shape index (κ2) is 5.31. The van der Waals surface area contributed by atoms with Crippen molar-refractivity contribution in [3.8, 4) is 0 Å². The van der Waals surface area contributed by atoms with Crippen LogP contribution in [-0.4, -0.2) is 37.7 Å². The van der Waals surface area contributed by atoms with Crippen LogP contribution >= 0.6 is 0 Å². The number of anilines is 2. The number of rotatable bonds is 3. The van der Waals surface area contributed by atoms with Gasteiger partial charge >= 0.3 is 5.97 Å². The first-order valence-electron chi connectivity index (χ1n) is 7.31. The number of fused-ring (bicyclic) bond motifs is 3. The maximum atomic E-state index is 11.3. The van der Waals surface area contributed by atoms with Gasteiger partial charge in [0.25, 0.3) is 5.78 Å². The van der Waals surface area contributed by atoms with E-state index < -0.39 is 5.97 Å². The van der Waals surface area contributed by atoms with Gasteiger partial charge in [-0.25, -0.2) is 4.79 Å². The first-order valence-corrected chi connectivity index (χ1v) is 7.31. The number of nitrogens with zero attached hydrogens (tertiary/aromatic N) is 5. The zero-order valence-corrected chi connectivity index (χ0v) is 12.8. The van der Waals surface area contributed by atoms with Crippen molar-refractivity contribution < 1.29 is 9.90 Å². The molecule has 2 aromatic heterocycles. The minimum absolute atomic E-state index is 0.208. The van der Waals surface area contributed by atoms with Gasteiger partial charge in [-0.2, -0.15) is 4.98 Å². The van der Waals surface area contributed by atoms with Crippen LogP contribution in [0, 0.1) is 0 Å². The van der Waals surface area contributed by atoms with Gasteiger partial charge in [-0.1, -0.05) is 18.2 Å². The number of carbonyl (C=O) groups is 1. The van der Waals surface area contributed by atoms with Crippen LogP contribution in [0.25, 0.3) is 16.7 Å². The monoisotopic (exact) mass is 319 g/mol. The van der Waals surface area contributed by atoms with Crippen LogP contribution in [0.3, 0.4) is 0 Å². The Morgan fingerprint density at radius 1 is 1.17 bits per heavy atom. The predicted octanol–water partition coefficient (Wildman–Crippen LogP) is 2.74. The Labute approximate surface area is 136 Å². The fourth-order valence-corrected chi connectivity index (χ4v) is 2.72. The summed E-state index contributed by atoms with van der Waals surface area (Å²) in [4.78, 5) is 17.8. The topological polar surface area (TPSA) is 83.6 Å². The van der Waals surface area contributed by atoms with Crippen molar-refractivity contribution in [3.63, 3.8) is 0 Å². The molecule has 0 aliphatic rings. The summed E-state index contributed by atoms with van der Waals surface area (Å²) in [5.41, 5.74) is 1.95. The molecule has 0 saturated carbocycles. The minimum Gasteiger partial charge on any atom is -0.478 e. The summed E-state index contributed by atoms with van der Waals surface area (Å²) in [6.07, 6.45) is 1.57. The quantitative estimate of drug-likeness (QED) is 0.625. The molecule has 0 spiro atoms. The summed E-state index contributed by atoms with van der Waals surface area (Å²) in [6.45, 7) is 0. The predicted molar refractivity (Wildman–Crippen MR) is 89.8 cm³/mol. The molecule has 2 heterocycles. The van der Waals surface area contributed by atoms with Gasteiger partial charge in [0.15, 0.2) is 0 Å². The Bertz CT molecular complexity index is 1060. The summed E-state index contributed by atoms with van der Waals surface area (Å²) in [5, 5.41) is 17.9. The molecule has 7 heteroatoms. The Morgan fingerprint density at radius 2 is 1.96 bits per heavy atom. The van der Waals surface area contributed by atoms with E-state index in [1.54, 1.807) is 28.9 Å². The average molecular weight is 319 g/mol. The summed E-state index contributed by atoms with van der Waals surface area (Å²) in [6, 6.07) is 14.7. The van der Waals surface area contributed by atoms with Gasteiger partial charge in [0, 0.05) is 18.1 Å². The number of carboxylic acid groups (broad SMARTS) is 1. The van der Waals surface area contributed by atoms with Gasteiger partial charge in [-0.05, 0) is 30.3 Å². The van der Waals surface area contributed by atoms with E-state index in [4.69, 9.17) is 0 Å². The third kappa shape index (κ3) is 2.14. The molecule has 0 atom stereocenters.